The van der Waals surface area contributed by atoms with Gasteiger partial charge in [0.2, 0.25) is 11.7 Å². The van der Waals surface area contributed by atoms with Crippen molar-refractivity contribution in [3.05, 3.63) is 66.1 Å². The van der Waals surface area contributed by atoms with E-state index in [0.29, 0.717) is 11.7 Å². The van der Waals surface area contributed by atoms with Gasteiger partial charge in [-0.1, -0.05) is 60.1 Å². The van der Waals surface area contributed by atoms with Gasteiger partial charge in [-0.3, -0.25) is 4.79 Å². The van der Waals surface area contributed by atoms with Crippen LogP contribution in [-0.2, 0) is 10.2 Å². The molecule has 0 spiro atoms. The average molecular weight is 448 g/mol. The van der Waals surface area contributed by atoms with Gasteiger partial charge in [0, 0.05) is 23.1 Å². The van der Waals surface area contributed by atoms with E-state index in [1.165, 1.54) is 5.56 Å². The molecule has 1 heterocycles. The van der Waals surface area contributed by atoms with E-state index in [0.717, 1.165) is 37.0 Å². The maximum absolute atomic E-state index is 13.1. The van der Waals surface area contributed by atoms with Crippen molar-refractivity contribution in [2.45, 2.75) is 70.9 Å². The normalized spacial score (nSPS) is 20.6. The highest BCUT2D eigenvalue weighted by atomic mass is 16.5. The molecule has 3 aromatic rings. The molecule has 174 valence electrons. The van der Waals surface area contributed by atoms with Crippen LogP contribution in [-0.4, -0.2) is 39.6 Å². The van der Waals surface area contributed by atoms with Gasteiger partial charge in [-0.05, 0) is 58.6 Å². The van der Waals surface area contributed by atoms with Crippen molar-refractivity contribution in [1.82, 2.24) is 15.0 Å². The highest BCUT2D eigenvalue weighted by Gasteiger charge is 2.40. The molecule has 1 saturated carbocycles. The monoisotopic (exact) mass is 447 g/mol. The summed E-state index contributed by atoms with van der Waals surface area (Å²) in [5.41, 5.74) is 1.94. The Morgan fingerprint density at radius 2 is 1.79 bits per heavy atom. The van der Waals surface area contributed by atoms with Crippen LogP contribution in [0.2, 0.25) is 0 Å². The van der Waals surface area contributed by atoms with Gasteiger partial charge in [-0.25, -0.2) is 0 Å². The van der Waals surface area contributed by atoms with E-state index in [1.807, 2.05) is 66.4 Å². The van der Waals surface area contributed by atoms with E-state index in [4.69, 9.17) is 14.2 Å². The first-order valence-electron chi connectivity index (χ1n) is 11.8. The van der Waals surface area contributed by atoms with Gasteiger partial charge in [0.05, 0.1) is 0 Å². The van der Waals surface area contributed by atoms with Crippen LogP contribution in [0.25, 0.3) is 11.4 Å². The summed E-state index contributed by atoms with van der Waals surface area (Å²) in [4.78, 5) is 19.8. The molecule has 4 rings (SSSR count). The lowest BCUT2D eigenvalue weighted by atomic mass is 9.73. The lowest BCUT2D eigenvalue weighted by Gasteiger charge is -2.42. The number of nitrogens with zero attached hydrogens (tertiary/aromatic N) is 3. The zero-order chi connectivity index (χ0) is 23.4. The molecule has 2 aromatic carbocycles. The molecule has 33 heavy (non-hydrogen) atoms. The minimum atomic E-state index is -0.180. The van der Waals surface area contributed by atoms with Crippen molar-refractivity contribution in [2.24, 2.45) is 0 Å². The fourth-order valence-corrected chi connectivity index (χ4v) is 4.67. The van der Waals surface area contributed by atoms with Gasteiger partial charge in [0.1, 0.15) is 5.75 Å². The van der Waals surface area contributed by atoms with Crippen LogP contribution in [0.3, 0.4) is 0 Å². The third-order valence-corrected chi connectivity index (χ3v) is 6.65. The summed E-state index contributed by atoms with van der Waals surface area (Å²) in [5, 5.41) is 4.21. The standard InChI is InChI=1S/C27H33N3O3/c1-19(2)30(24(31)18-32-23-12-10-20(3)11-13-23)22-14-16-27(4,17-15-22)26-28-25(29-33-26)21-8-6-5-7-9-21/h5-13,19,22H,14-18H2,1-4H3. The summed E-state index contributed by atoms with van der Waals surface area (Å²) in [7, 11) is 0. The van der Waals surface area contributed by atoms with Crippen molar-refractivity contribution >= 4 is 5.91 Å². The summed E-state index contributed by atoms with van der Waals surface area (Å²) in [6, 6.07) is 18.0. The number of ether oxygens (including phenoxy) is 1. The third-order valence-electron chi connectivity index (χ3n) is 6.65. The summed E-state index contributed by atoms with van der Waals surface area (Å²) < 4.78 is 11.5. The first-order valence-corrected chi connectivity index (χ1v) is 11.8. The molecule has 1 aromatic heterocycles. The highest BCUT2D eigenvalue weighted by molar-refractivity contribution is 5.78. The zero-order valence-corrected chi connectivity index (χ0v) is 20.0. The fourth-order valence-electron chi connectivity index (χ4n) is 4.67. The van der Waals surface area contributed by atoms with Gasteiger partial charge in [0.15, 0.2) is 6.61 Å². The van der Waals surface area contributed by atoms with Crippen LogP contribution >= 0.6 is 0 Å². The van der Waals surface area contributed by atoms with Gasteiger partial charge in [-0.15, -0.1) is 0 Å². The maximum atomic E-state index is 13.1. The minimum Gasteiger partial charge on any atom is -0.484 e. The van der Waals surface area contributed by atoms with Crippen LogP contribution in [0.5, 0.6) is 5.75 Å². The Hall–Kier alpha value is -3.15. The Morgan fingerprint density at radius 1 is 1.12 bits per heavy atom. The largest absolute Gasteiger partial charge is 0.484 e. The van der Waals surface area contributed by atoms with Crippen molar-refractivity contribution < 1.29 is 14.1 Å². The SMILES string of the molecule is Cc1ccc(OCC(=O)N(C(C)C)C2CCC(C)(c3nc(-c4ccccc4)no3)CC2)cc1. The Bertz CT molecular complexity index is 1050. The number of carbonyl (C=O) groups is 1. The second-order valence-electron chi connectivity index (χ2n) is 9.58. The Kier molecular flexibility index (Phi) is 6.82. The number of aromatic nitrogens is 2. The van der Waals surface area contributed by atoms with E-state index >= 15 is 0 Å². The Morgan fingerprint density at radius 3 is 2.42 bits per heavy atom. The van der Waals surface area contributed by atoms with Crippen LogP contribution < -0.4 is 4.74 Å². The number of carbonyl (C=O) groups excluding carboxylic acids is 1. The molecule has 0 saturated heterocycles. The fraction of sp³-hybridized carbons (Fsp3) is 0.444. The molecule has 0 aliphatic heterocycles. The predicted octanol–water partition coefficient (Wildman–Crippen LogP) is 5.56. The molecule has 0 unspecified atom stereocenters. The molecular weight excluding hydrogens is 414 g/mol. The lowest BCUT2D eigenvalue weighted by Crippen LogP contribution is -2.49. The smallest absolute Gasteiger partial charge is 0.260 e. The number of benzene rings is 2. The first kappa shape index (κ1) is 23.0. The molecule has 6 heteroatoms. The molecule has 1 aliphatic rings. The van der Waals surface area contributed by atoms with E-state index in [-0.39, 0.29) is 30.0 Å². The number of rotatable bonds is 7. The molecule has 6 nitrogen and oxygen atoms in total. The van der Waals surface area contributed by atoms with E-state index < -0.39 is 0 Å². The molecule has 0 bridgehead atoms. The van der Waals surface area contributed by atoms with Crippen LogP contribution in [0, 0.1) is 6.92 Å². The van der Waals surface area contributed by atoms with Crippen molar-refractivity contribution in [1.29, 1.82) is 0 Å². The topological polar surface area (TPSA) is 68.5 Å². The zero-order valence-electron chi connectivity index (χ0n) is 20.0. The molecular formula is C27H33N3O3. The Labute approximate surface area is 196 Å². The summed E-state index contributed by atoms with van der Waals surface area (Å²) >= 11 is 0. The molecule has 1 fully saturated rings. The van der Waals surface area contributed by atoms with Crippen molar-refractivity contribution in [3.8, 4) is 17.1 Å². The van der Waals surface area contributed by atoms with Crippen molar-refractivity contribution in [2.75, 3.05) is 6.61 Å². The quantitative estimate of drug-likeness (QED) is 0.474. The second-order valence-corrected chi connectivity index (χ2v) is 9.58. The van der Waals surface area contributed by atoms with E-state index in [9.17, 15) is 4.79 Å². The number of hydrogen-bond donors (Lipinski definition) is 0. The molecule has 0 radical (unpaired) electrons. The minimum absolute atomic E-state index is 0.0309. The number of amides is 1. The molecule has 0 atom stereocenters. The van der Waals surface area contributed by atoms with Gasteiger partial charge in [0.25, 0.3) is 5.91 Å². The highest BCUT2D eigenvalue weighted by Crippen LogP contribution is 2.40. The second kappa shape index (κ2) is 9.77. The lowest BCUT2D eigenvalue weighted by molar-refractivity contribution is -0.138. The van der Waals surface area contributed by atoms with E-state index in [2.05, 4.69) is 25.9 Å². The summed E-state index contributed by atoms with van der Waals surface area (Å²) in [6.07, 6.45) is 3.58. The summed E-state index contributed by atoms with van der Waals surface area (Å²) in [6.45, 7) is 8.42. The van der Waals surface area contributed by atoms with Gasteiger partial charge < -0.3 is 14.2 Å². The van der Waals surface area contributed by atoms with Gasteiger partial charge in [-0.2, -0.15) is 4.98 Å². The predicted molar refractivity (Wildman–Crippen MR) is 128 cm³/mol. The molecule has 1 amide bonds. The third kappa shape index (κ3) is 5.27. The first-order chi connectivity index (χ1) is 15.9. The van der Waals surface area contributed by atoms with Crippen LogP contribution in [0.1, 0.15) is 57.9 Å². The van der Waals surface area contributed by atoms with Crippen molar-refractivity contribution in [3.63, 3.8) is 0 Å². The molecule has 0 N–H and O–H groups in total. The maximum Gasteiger partial charge on any atom is 0.260 e. The van der Waals surface area contributed by atoms with Crippen LogP contribution in [0.4, 0.5) is 0 Å². The molecule has 1 aliphatic carbocycles. The average Bonchev–Trinajstić information content (AvgIpc) is 3.32. The number of aryl methyl sites for hydroxylation is 1. The summed E-state index contributed by atoms with van der Waals surface area (Å²) in [5.74, 6) is 2.06. The van der Waals surface area contributed by atoms with E-state index in [1.54, 1.807) is 0 Å². The number of hydrogen-bond acceptors (Lipinski definition) is 5. The Balaban J connectivity index is 1.39. The van der Waals surface area contributed by atoms with Gasteiger partial charge >= 0.3 is 0 Å². The van der Waals surface area contributed by atoms with Crippen LogP contribution in [0.15, 0.2) is 59.1 Å².